The molecule has 0 spiro atoms. The Hall–Kier alpha value is -3.91. The lowest BCUT2D eigenvalue weighted by molar-refractivity contribution is 0.174. The maximum absolute atomic E-state index is 5.51. The number of rotatable bonds is 4. The second-order valence-electron chi connectivity index (χ2n) is 7.84. The molecule has 0 saturated carbocycles. The van der Waals surface area contributed by atoms with Crippen molar-refractivity contribution in [1.29, 1.82) is 0 Å². The number of pyridine rings is 1. The van der Waals surface area contributed by atoms with Crippen LogP contribution in [0, 0.1) is 0 Å². The summed E-state index contributed by atoms with van der Waals surface area (Å²) in [6, 6.07) is 12.1. The Balaban J connectivity index is 1.18. The van der Waals surface area contributed by atoms with Gasteiger partial charge in [0.25, 0.3) is 0 Å². The molecule has 0 unspecified atom stereocenters. The molecule has 2 aliphatic rings. The van der Waals surface area contributed by atoms with E-state index in [1.807, 2.05) is 30.5 Å². The molecule has 1 aromatic carbocycles. The van der Waals surface area contributed by atoms with Gasteiger partial charge in [-0.2, -0.15) is 0 Å². The van der Waals surface area contributed by atoms with Crippen molar-refractivity contribution in [2.24, 2.45) is 0 Å². The molecule has 4 aromatic rings. The Morgan fingerprint density at radius 1 is 0.906 bits per heavy atom. The number of hydrogen-bond acceptors (Lipinski definition) is 8. The van der Waals surface area contributed by atoms with Crippen LogP contribution in [0.25, 0.3) is 22.6 Å². The lowest BCUT2D eigenvalue weighted by Gasteiger charge is -2.27. The average Bonchev–Trinajstić information content (AvgIpc) is 3.32. The molecule has 0 N–H and O–H groups in total. The Morgan fingerprint density at radius 2 is 1.81 bits per heavy atom. The lowest BCUT2D eigenvalue weighted by atomic mass is 10.1. The summed E-state index contributed by atoms with van der Waals surface area (Å²) in [5, 5.41) is 0. The van der Waals surface area contributed by atoms with Gasteiger partial charge in [0.1, 0.15) is 6.33 Å². The van der Waals surface area contributed by atoms with Crippen LogP contribution in [0.3, 0.4) is 0 Å². The van der Waals surface area contributed by atoms with E-state index in [0.29, 0.717) is 5.82 Å². The van der Waals surface area contributed by atoms with Crippen molar-refractivity contribution in [1.82, 2.24) is 29.8 Å². The first-order chi connectivity index (χ1) is 15.8. The number of ether oxygens (including phenoxy) is 2. The first kappa shape index (κ1) is 18.8. The van der Waals surface area contributed by atoms with Crippen LogP contribution in [0.5, 0.6) is 11.5 Å². The Morgan fingerprint density at radius 3 is 2.75 bits per heavy atom. The lowest BCUT2D eigenvalue weighted by Crippen LogP contribution is -2.31. The van der Waals surface area contributed by atoms with Gasteiger partial charge in [-0.3, -0.25) is 9.88 Å². The van der Waals surface area contributed by atoms with Crippen LogP contribution in [0.15, 0.2) is 61.3 Å². The number of nitrogens with zero attached hydrogens (tertiary/aromatic N) is 6. The summed E-state index contributed by atoms with van der Waals surface area (Å²) in [6.07, 6.45) is 7.79. The van der Waals surface area contributed by atoms with E-state index in [9.17, 15) is 0 Å². The first-order valence-electron chi connectivity index (χ1n) is 10.5. The van der Waals surface area contributed by atoms with E-state index in [4.69, 9.17) is 19.4 Å². The molecule has 0 fully saturated rings. The van der Waals surface area contributed by atoms with Crippen molar-refractivity contribution in [3.63, 3.8) is 0 Å². The number of hydrogen-bond donors (Lipinski definition) is 0. The second-order valence-corrected chi connectivity index (χ2v) is 7.84. The normalized spacial score (nSPS) is 14.9. The molecule has 0 bridgehead atoms. The van der Waals surface area contributed by atoms with E-state index >= 15 is 0 Å². The summed E-state index contributed by atoms with van der Waals surface area (Å²) in [7, 11) is 0. The Bertz CT molecular complexity index is 1280. The summed E-state index contributed by atoms with van der Waals surface area (Å²) < 4.78 is 10.9. The van der Waals surface area contributed by atoms with E-state index in [2.05, 4.69) is 32.0 Å². The second kappa shape index (κ2) is 7.97. The van der Waals surface area contributed by atoms with Gasteiger partial charge in [-0.15, -0.1) is 0 Å². The molecule has 0 saturated heterocycles. The molecule has 158 valence electrons. The molecule has 6 rings (SSSR count). The minimum absolute atomic E-state index is 0.271. The summed E-state index contributed by atoms with van der Waals surface area (Å²) in [5.41, 5.74) is 6.06. The van der Waals surface area contributed by atoms with Gasteiger partial charge in [-0.1, -0.05) is 6.07 Å². The predicted octanol–water partition coefficient (Wildman–Crippen LogP) is 3.28. The van der Waals surface area contributed by atoms with Gasteiger partial charge in [0.05, 0.1) is 22.6 Å². The molecule has 2 aliphatic heterocycles. The molecule has 0 radical (unpaired) electrons. The molecule has 8 heteroatoms. The van der Waals surface area contributed by atoms with Crippen LogP contribution in [0.1, 0.15) is 17.0 Å². The zero-order valence-corrected chi connectivity index (χ0v) is 17.3. The van der Waals surface area contributed by atoms with Gasteiger partial charge in [-0.25, -0.2) is 19.9 Å². The molecular formula is C24H20N6O2. The molecule has 0 atom stereocenters. The highest BCUT2D eigenvalue weighted by molar-refractivity contribution is 5.64. The average molecular weight is 424 g/mol. The van der Waals surface area contributed by atoms with Crippen molar-refractivity contribution < 1.29 is 9.47 Å². The Labute approximate surface area is 185 Å². The van der Waals surface area contributed by atoms with Crippen LogP contribution in [0.4, 0.5) is 0 Å². The SMILES string of the molecule is c1cc(CN2CCc3nc(-c4cncnc4)ncc3C2)nc(-c2ccc3c(c2)OCO3)c1. The van der Waals surface area contributed by atoms with Crippen LogP contribution in [0.2, 0.25) is 0 Å². The fourth-order valence-electron chi connectivity index (χ4n) is 4.08. The van der Waals surface area contributed by atoms with Crippen molar-refractivity contribution in [3.8, 4) is 34.1 Å². The van der Waals surface area contributed by atoms with Crippen LogP contribution in [-0.2, 0) is 19.5 Å². The van der Waals surface area contributed by atoms with Gasteiger partial charge in [0.15, 0.2) is 17.3 Å². The number of benzene rings is 1. The number of fused-ring (bicyclic) bond motifs is 2. The Kier molecular flexibility index (Phi) is 4.69. The third kappa shape index (κ3) is 3.65. The molecular weight excluding hydrogens is 404 g/mol. The van der Waals surface area contributed by atoms with Gasteiger partial charge in [-0.05, 0) is 30.3 Å². The zero-order chi connectivity index (χ0) is 21.3. The molecule has 3 aromatic heterocycles. The first-order valence-corrected chi connectivity index (χ1v) is 10.5. The monoisotopic (exact) mass is 424 g/mol. The fourth-order valence-corrected chi connectivity index (χ4v) is 4.08. The molecule has 5 heterocycles. The predicted molar refractivity (Wildman–Crippen MR) is 117 cm³/mol. The molecule has 32 heavy (non-hydrogen) atoms. The fraction of sp³-hybridized carbons (Fsp3) is 0.208. The van der Waals surface area contributed by atoms with Gasteiger partial charge >= 0.3 is 0 Å². The van der Waals surface area contributed by atoms with Crippen LogP contribution >= 0.6 is 0 Å². The topological polar surface area (TPSA) is 86.2 Å². The smallest absolute Gasteiger partial charge is 0.231 e. The summed E-state index contributed by atoms with van der Waals surface area (Å²) >= 11 is 0. The minimum atomic E-state index is 0.271. The highest BCUT2D eigenvalue weighted by Gasteiger charge is 2.20. The largest absolute Gasteiger partial charge is 0.454 e. The third-order valence-corrected chi connectivity index (χ3v) is 5.69. The van der Waals surface area contributed by atoms with Crippen molar-refractivity contribution in [2.45, 2.75) is 19.5 Å². The van der Waals surface area contributed by atoms with E-state index in [1.54, 1.807) is 12.4 Å². The highest BCUT2D eigenvalue weighted by Crippen LogP contribution is 2.35. The minimum Gasteiger partial charge on any atom is -0.454 e. The van der Waals surface area contributed by atoms with E-state index in [-0.39, 0.29) is 6.79 Å². The maximum atomic E-state index is 5.51. The van der Waals surface area contributed by atoms with E-state index < -0.39 is 0 Å². The standard InChI is InChI=1S/C24H20N6O2/c1-2-19(28-20(3-1)16-4-5-22-23(8-16)32-15-31-22)13-30-7-6-21-18(12-30)11-27-24(29-21)17-9-25-14-26-10-17/h1-5,8-11,14H,6-7,12-13,15H2. The molecule has 0 aliphatic carbocycles. The number of aromatic nitrogens is 5. The summed E-state index contributed by atoms with van der Waals surface area (Å²) in [4.78, 5) is 24.7. The zero-order valence-electron chi connectivity index (χ0n) is 17.3. The third-order valence-electron chi connectivity index (χ3n) is 5.69. The maximum Gasteiger partial charge on any atom is 0.231 e. The van der Waals surface area contributed by atoms with E-state index in [0.717, 1.165) is 71.3 Å². The summed E-state index contributed by atoms with van der Waals surface area (Å²) in [6.45, 7) is 2.76. The molecule has 0 amide bonds. The van der Waals surface area contributed by atoms with E-state index in [1.165, 1.54) is 6.33 Å². The van der Waals surface area contributed by atoms with Crippen molar-refractivity contribution in [2.75, 3.05) is 13.3 Å². The van der Waals surface area contributed by atoms with Crippen molar-refractivity contribution >= 4 is 0 Å². The summed E-state index contributed by atoms with van der Waals surface area (Å²) in [5.74, 6) is 2.22. The van der Waals surface area contributed by atoms with Gasteiger partial charge in [0.2, 0.25) is 6.79 Å². The van der Waals surface area contributed by atoms with Gasteiger partial charge < -0.3 is 9.47 Å². The van der Waals surface area contributed by atoms with Crippen LogP contribution < -0.4 is 9.47 Å². The highest BCUT2D eigenvalue weighted by atomic mass is 16.7. The van der Waals surface area contributed by atoms with Crippen molar-refractivity contribution in [3.05, 3.63) is 78.3 Å². The van der Waals surface area contributed by atoms with Gasteiger partial charge in [0, 0.05) is 55.8 Å². The quantitative estimate of drug-likeness (QED) is 0.493. The van der Waals surface area contributed by atoms with Crippen LogP contribution in [-0.4, -0.2) is 43.2 Å². The molecule has 8 nitrogen and oxygen atoms in total.